The Kier molecular flexibility index (Phi) is 5.51. The van der Waals surface area contributed by atoms with Crippen molar-refractivity contribution >= 4 is 11.0 Å². The number of nitrogens with zero attached hydrogens (tertiary/aromatic N) is 2. The van der Waals surface area contributed by atoms with Gasteiger partial charge in [0.2, 0.25) is 0 Å². The molecule has 0 amide bonds. The van der Waals surface area contributed by atoms with Crippen molar-refractivity contribution < 1.29 is 13.9 Å². The summed E-state index contributed by atoms with van der Waals surface area (Å²) in [5, 5.41) is 20.9. The molecule has 1 heterocycles. The lowest BCUT2D eigenvalue weighted by atomic mass is 9.97. The number of rotatable bonds is 6. The minimum absolute atomic E-state index is 0.439. The van der Waals surface area contributed by atoms with E-state index in [1.54, 1.807) is 12.1 Å². The van der Waals surface area contributed by atoms with Gasteiger partial charge in [-0.25, -0.2) is 4.79 Å². The molecule has 0 saturated heterocycles. The molecule has 3 aromatic carbocycles. The summed E-state index contributed by atoms with van der Waals surface area (Å²) in [5.74, 6) is -0.0140. The van der Waals surface area contributed by atoms with Gasteiger partial charge in [-0.2, -0.15) is 10.5 Å². The first-order valence-corrected chi connectivity index (χ1v) is 11.2. The summed E-state index contributed by atoms with van der Waals surface area (Å²) in [4.78, 5) is 12.6. The Hall–Kier alpha value is -4.55. The number of ether oxygens (including phenoxy) is 2. The van der Waals surface area contributed by atoms with E-state index in [0.29, 0.717) is 40.0 Å². The van der Waals surface area contributed by atoms with Crippen molar-refractivity contribution in [3.63, 3.8) is 0 Å². The van der Waals surface area contributed by atoms with Crippen molar-refractivity contribution in [2.75, 3.05) is 14.2 Å². The van der Waals surface area contributed by atoms with Gasteiger partial charge in [-0.1, -0.05) is 54.6 Å². The van der Waals surface area contributed by atoms with Gasteiger partial charge in [0.15, 0.2) is 16.9 Å². The molecule has 35 heavy (non-hydrogen) atoms. The highest BCUT2D eigenvalue weighted by Crippen LogP contribution is 2.71. The van der Waals surface area contributed by atoms with E-state index < -0.39 is 22.9 Å². The Balaban J connectivity index is 1.63. The smallest absolute Gasteiger partial charge is 0.336 e. The molecular weight excluding hydrogens is 440 g/mol. The molecule has 6 nitrogen and oxygen atoms in total. The van der Waals surface area contributed by atoms with Crippen molar-refractivity contribution in [3.05, 3.63) is 105 Å². The van der Waals surface area contributed by atoms with Crippen LogP contribution in [-0.4, -0.2) is 14.2 Å². The molecule has 172 valence electrons. The fourth-order valence-corrected chi connectivity index (χ4v) is 5.13. The molecule has 1 aromatic heterocycles. The van der Waals surface area contributed by atoms with Crippen LogP contribution in [0.3, 0.4) is 0 Å². The van der Waals surface area contributed by atoms with Crippen molar-refractivity contribution in [3.8, 4) is 23.6 Å². The van der Waals surface area contributed by atoms with E-state index in [2.05, 4.69) is 12.1 Å². The average Bonchev–Trinajstić information content (AvgIpc) is 3.56. The maximum absolute atomic E-state index is 12.6. The Morgan fingerprint density at radius 1 is 0.857 bits per heavy atom. The van der Waals surface area contributed by atoms with Crippen LogP contribution in [0.15, 0.2) is 82.0 Å². The van der Waals surface area contributed by atoms with E-state index in [9.17, 15) is 15.3 Å². The first-order valence-electron chi connectivity index (χ1n) is 11.2. The lowest BCUT2D eigenvalue weighted by Gasteiger charge is -2.12. The summed E-state index contributed by atoms with van der Waals surface area (Å²) in [6.07, 6.45) is 0.693. The summed E-state index contributed by atoms with van der Waals surface area (Å²) in [6, 6.07) is 27.0. The van der Waals surface area contributed by atoms with Crippen LogP contribution in [0, 0.1) is 28.1 Å². The molecule has 0 radical (unpaired) electrons. The minimum atomic E-state index is -1.34. The van der Waals surface area contributed by atoms with E-state index >= 15 is 0 Å². The zero-order valence-electron chi connectivity index (χ0n) is 19.3. The van der Waals surface area contributed by atoms with Gasteiger partial charge < -0.3 is 13.9 Å². The summed E-state index contributed by atoms with van der Waals surface area (Å²) >= 11 is 0. The fraction of sp³-hybridized carbons (Fsp3) is 0.207. The third kappa shape index (κ3) is 3.61. The number of para-hydroxylation sites is 1. The average molecular weight is 463 g/mol. The highest BCUT2D eigenvalue weighted by Gasteiger charge is 2.69. The highest BCUT2D eigenvalue weighted by atomic mass is 16.5. The van der Waals surface area contributed by atoms with Crippen LogP contribution in [0.25, 0.3) is 11.0 Å². The Labute approximate surface area is 202 Å². The monoisotopic (exact) mass is 462 g/mol. The first-order chi connectivity index (χ1) is 17.1. The number of fused-ring (bicyclic) bond motifs is 1. The molecular formula is C29H22N2O4. The van der Waals surface area contributed by atoms with Crippen molar-refractivity contribution in [2.45, 2.75) is 18.3 Å². The maximum Gasteiger partial charge on any atom is 0.336 e. The van der Waals surface area contributed by atoms with Gasteiger partial charge in [-0.05, 0) is 35.2 Å². The molecule has 1 saturated carbocycles. The molecule has 2 unspecified atom stereocenters. The molecule has 0 N–H and O–H groups in total. The summed E-state index contributed by atoms with van der Waals surface area (Å²) in [5.41, 5.74) is 2.04. The van der Waals surface area contributed by atoms with Gasteiger partial charge in [-0.15, -0.1) is 0 Å². The Morgan fingerprint density at radius 2 is 1.60 bits per heavy atom. The van der Waals surface area contributed by atoms with Gasteiger partial charge in [0.25, 0.3) is 0 Å². The van der Waals surface area contributed by atoms with Crippen LogP contribution in [0.4, 0.5) is 0 Å². The van der Waals surface area contributed by atoms with E-state index in [1.807, 2.05) is 54.6 Å². The zero-order valence-corrected chi connectivity index (χ0v) is 19.3. The van der Waals surface area contributed by atoms with Crippen molar-refractivity contribution in [1.29, 1.82) is 10.5 Å². The van der Waals surface area contributed by atoms with E-state index in [-0.39, 0.29) is 0 Å². The summed E-state index contributed by atoms with van der Waals surface area (Å²) in [7, 11) is 3.07. The minimum Gasteiger partial charge on any atom is -0.493 e. The summed E-state index contributed by atoms with van der Waals surface area (Å²) < 4.78 is 16.6. The Morgan fingerprint density at radius 3 is 2.29 bits per heavy atom. The lowest BCUT2D eigenvalue weighted by Crippen LogP contribution is -2.03. The maximum atomic E-state index is 12.6. The van der Waals surface area contributed by atoms with Crippen LogP contribution in [0.2, 0.25) is 0 Å². The second-order valence-corrected chi connectivity index (χ2v) is 8.64. The van der Waals surface area contributed by atoms with E-state index in [1.165, 1.54) is 20.3 Å². The third-order valence-corrected chi connectivity index (χ3v) is 6.77. The van der Waals surface area contributed by atoms with Gasteiger partial charge in [0, 0.05) is 28.9 Å². The largest absolute Gasteiger partial charge is 0.493 e. The standard InChI is InChI=1S/C29H22N2O4/c1-33-23-10-6-9-21(28(23)34-2)26-27(29(26,16-30)17-31)22-15-25(32)35-24-14-19(11-12-20(22)24)13-18-7-4-3-5-8-18/h3-12,14-15,26-27H,13H2,1-2H3. The first kappa shape index (κ1) is 22.3. The number of hydrogen-bond donors (Lipinski definition) is 0. The molecule has 4 aromatic rings. The predicted octanol–water partition coefficient (Wildman–Crippen LogP) is 5.32. The highest BCUT2D eigenvalue weighted by molar-refractivity contribution is 5.83. The molecule has 5 rings (SSSR count). The second-order valence-electron chi connectivity index (χ2n) is 8.64. The molecule has 1 aliphatic rings. The summed E-state index contributed by atoms with van der Waals surface area (Å²) in [6.45, 7) is 0. The molecule has 6 heteroatoms. The van der Waals surface area contributed by atoms with Crippen molar-refractivity contribution in [1.82, 2.24) is 0 Å². The molecule has 1 aliphatic carbocycles. The topological polar surface area (TPSA) is 96.2 Å². The third-order valence-electron chi connectivity index (χ3n) is 6.77. The van der Waals surface area contributed by atoms with Gasteiger partial charge >= 0.3 is 5.63 Å². The van der Waals surface area contributed by atoms with Gasteiger partial charge in [0.1, 0.15) is 5.58 Å². The van der Waals surface area contributed by atoms with Crippen LogP contribution >= 0.6 is 0 Å². The quantitative estimate of drug-likeness (QED) is 0.360. The van der Waals surface area contributed by atoms with E-state index in [0.717, 1.165) is 11.1 Å². The molecule has 0 aliphatic heterocycles. The molecule has 0 bridgehead atoms. The molecule has 1 fully saturated rings. The van der Waals surface area contributed by atoms with Gasteiger partial charge in [0.05, 0.1) is 26.4 Å². The number of benzene rings is 3. The second kappa shape index (κ2) is 8.66. The van der Waals surface area contributed by atoms with Crippen LogP contribution in [-0.2, 0) is 6.42 Å². The zero-order chi connectivity index (χ0) is 24.6. The van der Waals surface area contributed by atoms with Crippen LogP contribution < -0.4 is 15.1 Å². The number of nitriles is 2. The normalized spacial score (nSPS) is 17.8. The van der Waals surface area contributed by atoms with Crippen LogP contribution in [0.5, 0.6) is 11.5 Å². The van der Waals surface area contributed by atoms with E-state index in [4.69, 9.17) is 13.9 Å². The molecule has 0 spiro atoms. The lowest BCUT2D eigenvalue weighted by molar-refractivity contribution is 0.351. The SMILES string of the molecule is COc1cccc(C2C(c3cc(=O)oc4cc(Cc5ccccc5)ccc34)C2(C#N)C#N)c1OC. The number of hydrogen-bond acceptors (Lipinski definition) is 6. The number of methoxy groups -OCH3 is 2. The molecule has 2 atom stereocenters. The van der Waals surface area contributed by atoms with Gasteiger partial charge in [-0.3, -0.25) is 0 Å². The van der Waals surface area contributed by atoms with Crippen molar-refractivity contribution in [2.24, 2.45) is 5.41 Å². The fourth-order valence-electron chi connectivity index (χ4n) is 5.13. The predicted molar refractivity (Wildman–Crippen MR) is 130 cm³/mol. The van der Waals surface area contributed by atoms with Crippen LogP contribution in [0.1, 0.15) is 34.1 Å². The Bertz CT molecular complexity index is 1550.